The number of nitrogens with one attached hydrogen (secondary N) is 3. The van der Waals surface area contributed by atoms with Crippen molar-refractivity contribution in [1.82, 2.24) is 30.7 Å². The van der Waals surface area contributed by atoms with E-state index in [4.69, 9.17) is 9.97 Å². The summed E-state index contributed by atoms with van der Waals surface area (Å²) in [7, 11) is 0. The lowest BCUT2D eigenvalue weighted by molar-refractivity contribution is -0.135. The monoisotopic (exact) mass is 461 g/mol. The number of nitrogens with zero attached hydrogens (tertiary/aromatic N) is 4. The van der Waals surface area contributed by atoms with E-state index in [1.165, 1.54) is 12.1 Å². The van der Waals surface area contributed by atoms with Crippen molar-refractivity contribution in [2.75, 3.05) is 11.9 Å². The summed E-state index contributed by atoms with van der Waals surface area (Å²) >= 11 is 0. The van der Waals surface area contributed by atoms with E-state index < -0.39 is 0 Å². The van der Waals surface area contributed by atoms with E-state index in [9.17, 15) is 9.18 Å². The Kier molecular flexibility index (Phi) is 6.21. The van der Waals surface area contributed by atoms with Crippen LogP contribution >= 0.6 is 0 Å². The average Bonchev–Trinajstić information content (AvgIpc) is 3.24. The third-order valence-electron chi connectivity index (χ3n) is 6.69. The van der Waals surface area contributed by atoms with Crippen molar-refractivity contribution < 1.29 is 9.18 Å². The first-order valence-corrected chi connectivity index (χ1v) is 11.7. The smallest absolute Gasteiger partial charge is 0.241 e. The van der Waals surface area contributed by atoms with Gasteiger partial charge in [0.25, 0.3) is 0 Å². The third kappa shape index (κ3) is 4.36. The van der Waals surface area contributed by atoms with Crippen LogP contribution < -0.4 is 16.2 Å². The Hall–Kier alpha value is -3.43. The largest absolute Gasteiger partial charge is 0.340 e. The maximum Gasteiger partial charge on any atom is 0.241 e. The summed E-state index contributed by atoms with van der Waals surface area (Å²) in [4.78, 5) is 28.9. The quantitative estimate of drug-likeness (QED) is 0.537. The molecule has 0 aliphatic carbocycles. The number of carbonyl (C=O) groups excluding carboxylic acids is 1. The van der Waals surface area contributed by atoms with Gasteiger partial charge in [0, 0.05) is 48.2 Å². The van der Waals surface area contributed by atoms with Crippen molar-refractivity contribution in [2.24, 2.45) is 5.92 Å². The predicted molar refractivity (Wildman–Crippen MR) is 127 cm³/mol. The molecule has 0 radical (unpaired) electrons. The Balaban J connectivity index is 1.48. The van der Waals surface area contributed by atoms with E-state index >= 15 is 0 Å². The number of hydrazine groups is 1. The molecule has 4 heterocycles. The van der Waals surface area contributed by atoms with Gasteiger partial charge in [0.1, 0.15) is 17.7 Å². The SMILES string of the molecule is CCC1NNC(C(=O)N2CCc3nc(-c4ccncc4)nc(Nc4cccc(F)c4)c3C2)C1C. The summed E-state index contributed by atoms with van der Waals surface area (Å²) in [6, 6.07) is 9.97. The van der Waals surface area contributed by atoms with Crippen LogP contribution in [-0.2, 0) is 17.8 Å². The van der Waals surface area contributed by atoms with Gasteiger partial charge in [-0.05, 0) is 42.7 Å². The number of hydrogen-bond donors (Lipinski definition) is 3. The van der Waals surface area contributed by atoms with Crippen molar-refractivity contribution in [3.63, 3.8) is 0 Å². The molecule has 1 aromatic carbocycles. The van der Waals surface area contributed by atoms with E-state index in [2.05, 4.69) is 35.0 Å². The molecule has 2 aromatic heterocycles. The second-order valence-corrected chi connectivity index (χ2v) is 8.84. The minimum Gasteiger partial charge on any atom is -0.340 e. The van der Waals surface area contributed by atoms with Gasteiger partial charge in [-0.25, -0.2) is 19.8 Å². The van der Waals surface area contributed by atoms with Crippen LogP contribution in [0.5, 0.6) is 0 Å². The molecule has 1 fully saturated rings. The van der Waals surface area contributed by atoms with E-state index in [0.29, 0.717) is 36.8 Å². The van der Waals surface area contributed by atoms with Crippen LogP contribution in [-0.4, -0.2) is 44.4 Å². The molecule has 3 aromatic rings. The number of amides is 1. The van der Waals surface area contributed by atoms with E-state index in [-0.39, 0.29) is 29.7 Å². The molecular weight excluding hydrogens is 433 g/mol. The molecule has 3 unspecified atom stereocenters. The van der Waals surface area contributed by atoms with Gasteiger partial charge in [-0.3, -0.25) is 15.2 Å². The number of pyridine rings is 1. The average molecular weight is 462 g/mol. The van der Waals surface area contributed by atoms with Crippen LogP contribution in [0.15, 0.2) is 48.8 Å². The van der Waals surface area contributed by atoms with Crippen LogP contribution in [0.25, 0.3) is 11.4 Å². The third-order valence-corrected chi connectivity index (χ3v) is 6.69. The Morgan fingerprint density at radius 1 is 1.21 bits per heavy atom. The first kappa shape index (κ1) is 22.4. The van der Waals surface area contributed by atoms with Gasteiger partial charge in [0.05, 0.1) is 12.2 Å². The lowest BCUT2D eigenvalue weighted by Gasteiger charge is -2.32. The summed E-state index contributed by atoms with van der Waals surface area (Å²) < 4.78 is 13.8. The predicted octanol–water partition coefficient (Wildman–Crippen LogP) is 3.20. The van der Waals surface area contributed by atoms with E-state index in [0.717, 1.165) is 23.2 Å². The highest BCUT2D eigenvalue weighted by molar-refractivity contribution is 5.83. The summed E-state index contributed by atoms with van der Waals surface area (Å²) in [6.07, 6.45) is 4.97. The van der Waals surface area contributed by atoms with Crippen molar-refractivity contribution in [3.8, 4) is 11.4 Å². The molecule has 1 saturated heterocycles. The second-order valence-electron chi connectivity index (χ2n) is 8.84. The van der Waals surface area contributed by atoms with Crippen LogP contribution in [0.3, 0.4) is 0 Å². The number of halogens is 1. The summed E-state index contributed by atoms with van der Waals surface area (Å²) in [5, 5.41) is 3.26. The number of anilines is 2. The fourth-order valence-electron chi connectivity index (χ4n) is 4.69. The number of carbonyl (C=O) groups is 1. The van der Waals surface area contributed by atoms with Gasteiger partial charge in [-0.15, -0.1) is 0 Å². The summed E-state index contributed by atoms with van der Waals surface area (Å²) in [5.74, 6) is 1.07. The van der Waals surface area contributed by atoms with Crippen LogP contribution in [0.2, 0.25) is 0 Å². The standard InChI is InChI=1S/C25H28FN7O/c1-3-20-15(2)22(32-31-20)25(34)33-12-9-21-19(14-33)24(28-18-6-4-5-17(26)13-18)30-23(29-21)16-7-10-27-11-8-16/h4-8,10-11,13,15,20,22,31-32H,3,9,12,14H2,1-2H3,(H,28,29,30). The molecule has 176 valence electrons. The molecular formula is C25H28FN7O. The fourth-order valence-corrected chi connectivity index (χ4v) is 4.69. The van der Waals surface area contributed by atoms with Crippen LogP contribution in [0.1, 0.15) is 31.5 Å². The van der Waals surface area contributed by atoms with Gasteiger partial charge in [0.2, 0.25) is 5.91 Å². The van der Waals surface area contributed by atoms with Gasteiger partial charge in [-0.2, -0.15) is 0 Å². The van der Waals surface area contributed by atoms with E-state index in [1.54, 1.807) is 24.5 Å². The van der Waals surface area contributed by atoms with Gasteiger partial charge in [0.15, 0.2) is 5.82 Å². The number of hydrogen-bond acceptors (Lipinski definition) is 7. The summed E-state index contributed by atoms with van der Waals surface area (Å²) in [6.45, 7) is 5.19. The zero-order valence-electron chi connectivity index (χ0n) is 19.3. The topological polar surface area (TPSA) is 95.1 Å². The Bertz CT molecular complexity index is 1190. The Morgan fingerprint density at radius 2 is 2.03 bits per heavy atom. The van der Waals surface area contributed by atoms with Gasteiger partial charge in [-0.1, -0.05) is 19.9 Å². The minimum absolute atomic E-state index is 0.0662. The molecule has 2 aliphatic heterocycles. The molecule has 8 nitrogen and oxygen atoms in total. The number of aromatic nitrogens is 3. The highest BCUT2D eigenvalue weighted by Crippen LogP contribution is 2.30. The number of rotatable bonds is 5. The van der Waals surface area contributed by atoms with Crippen molar-refractivity contribution in [2.45, 2.75) is 45.3 Å². The maximum absolute atomic E-state index is 13.8. The Labute approximate surface area is 198 Å². The van der Waals surface area contributed by atoms with Gasteiger partial charge >= 0.3 is 0 Å². The maximum atomic E-state index is 13.8. The Morgan fingerprint density at radius 3 is 2.76 bits per heavy atom. The lowest BCUT2D eigenvalue weighted by Crippen LogP contribution is -2.49. The molecule has 0 saturated carbocycles. The normalized spacial score (nSPS) is 21.9. The second kappa shape index (κ2) is 9.44. The lowest BCUT2D eigenvalue weighted by atomic mass is 9.93. The molecule has 2 aliphatic rings. The fraction of sp³-hybridized carbons (Fsp3) is 0.360. The number of benzene rings is 1. The van der Waals surface area contributed by atoms with Crippen molar-refractivity contribution in [1.29, 1.82) is 0 Å². The molecule has 5 rings (SSSR count). The van der Waals surface area contributed by atoms with E-state index in [1.807, 2.05) is 17.0 Å². The summed E-state index contributed by atoms with van der Waals surface area (Å²) in [5.41, 5.74) is 9.61. The highest BCUT2D eigenvalue weighted by atomic mass is 19.1. The highest BCUT2D eigenvalue weighted by Gasteiger charge is 2.39. The van der Waals surface area contributed by atoms with Crippen LogP contribution in [0, 0.1) is 11.7 Å². The molecule has 34 heavy (non-hydrogen) atoms. The molecule has 3 atom stereocenters. The minimum atomic E-state index is -0.335. The van der Waals surface area contributed by atoms with Crippen molar-refractivity contribution >= 4 is 17.4 Å². The van der Waals surface area contributed by atoms with Gasteiger partial charge < -0.3 is 10.2 Å². The molecule has 0 spiro atoms. The zero-order chi connectivity index (χ0) is 23.7. The molecule has 0 bridgehead atoms. The molecule has 1 amide bonds. The first-order chi connectivity index (χ1) is 16.5. The van der Waals surface area contributed by atoms with Crippen molar-refractivity contribution in [3.05, 3.63) is 65.9 Å². The molecule has 3 N–H and O–H groups in total. The molecule has 9 heteroatoms. The number of fused-ring (bicyclic) bond motifs is 1. The van der Waals surface area contributed by atoms with Crippen LogP contribution in [0.4, 0.5) is 15.9 Å². The first-order valence-electron chi connectivity index (χ1n) is 11.7. The zero-order valence-corrected chi connectivity index (χ0v) is 19.3.